The second-order valence-electron chi connectivity index (χ2n) is 7.67. The first kappa shape index (κ1) is 20.6. The van der Waals surface area contributed by atoms with Crippen LogP contribution in [0.2, 0.25) is 0 Å². The van der Waals surface area contributed by atoms with E-state index in [0.717, 1.165) is 23.3 Å². The van der Waals surface area contributed by atoms with E-state index in [1.165, 1.54) is 6.07 Å². The molecule has 1 atom stereocenters. The molecule has 1 aliphatic carbocycles. The zero-order valence-electron chi connectivity index (χ0n) is 17.5. The molecule has 6 heteroatoms. The third kappa shape index (κ3) is 4.14. The summed E-state index contributed by atoms with van der Waals surface area (Å²) in [5, 5.41) is 2.80. The number of hydrogen-bond acceptors (Lipinski definition) is 4. The molecule has 0 fully saturated rings. The summed E-state index contributed by atoms with van der Waals surface area (Å²) in [4.78, 5) is 41.1. The van der Waals surface area contributed by atoms with Gasteiger partial charge in [0.1, 0.15) is 11.3 Å². The predicted octanol–water partition coefficient (Wildman–Crippen LogP) is 4.11. The SMILES string of the molecule is CCc1ccccc1NC(=O)c1cc2c([nH]c1=O)C[C@H](c1ccc(OC)cc1)CC2=O. The largest absolute Gasteiger partial charge is 0.497 e. The number of nitrogens with one attached hydrogen (secondary N) is 2. The molecule has 0 spiro atoms. The van der Waals surface area contributed by atoms with Gasteiger partial charge in [0.25, 0.3) is 11.5 Å². The highest BCUT2D eigenvalue weighted by Gasteiger charge is 2.29. The lowest BCUT2D eigenvalue weighted by atomic mass is 9.81. The van der Waals surface area contributed by atoms with Crippen LogP contribution in [0.4, 0.5) is 5.69 Å². The van der Waals surface area contributed by atoms with E-state index in [1.807, 2.05) is 49.4 Å². The maximum absolute atomic E-state index is 12.9. The summed E-state index contributed by atoms with van der Waals surface area (Å²) >= 11 is 0. The van der Waals surface area contributed by atoms with Crippen LogP contribution in [0.3, 0.4) is 0 Å². The number of rotatable bonds is 5. The standard InChI is InChI=1S/C25H24N2O4/c1-3-15-6-4-5-7-21(15)26-24(29)20-14-19-22(27-25(20)30)12-17(13-23(19)28)16-8-10-18(31-2)11-9-16/h4-11,14,17H,3,12-13H2,1-2H3,(H,26,29)(H,27,30)/t17-/m0/s1. The first-order chi connectivity index (χ1) is 15.0. The van der Waals surface area contributed by atoms with E-state index in [1.54, 1.807) is 13.2 Å². The molecule has 2 N–H and O–H groups in total. The zero-order chi connectivity index (χ0) is 22.0. The van der Waals surface area contributed by atoms with E-state index in [0.29, 0.717) is 29.8 Å². The quantitative estimate of drug-likeness (QED) is 0.655. The van der Waals surface area contributed by atoms with E-state index >= 15 is 0 Å². The molecule has 31 heavy (non-hydrogen) atoms. The molecule has 1 heterocycles. The fraction of sp³-hybridized carbons (Fsp3) is 0.240. The minimum atomic E-state index is -0.518. The van der Waals surface area contributed by atoms with Gasteiger partial charge >= 0.3 is 0 Å². The van der Waals surface area contributed by atoms with Gasteiger partial charge in [-0.2, -0.15) is 0 Å². The van der Waals surface area contributed by atoms with Gasteiger partial charge in [-0.15, -0.1) is 0 Å². The Morgan fingerprint density at radius 2 is 1.84 bits per heavy atom. The smallest absolute Gasteiger partial charge is 0.261 e. The van der Waals surface area contributed by atoms with Crippen molar-refractivity contribution < 1.29 is 14.3 Å². The third-order valence-corrected chi connectivity index (χ3v) is 5.78. The van der Waals surface area contributed by atoms with Crippen LogP contribution in [0.25, 0.3) is 0 Å². The molecule has 0 unspecified atom stereocenters. The summed E-state index contributed by atoms with van der Waals surface area (Å²) in [6.45, 7) is 1.99. The number of carbonyl (C=O) groups is 2. The maximum atomic E-state index is 12.9. The number of fused-ring (bicyclic) bond motifs is 1. The summed E-state index contributed by atoms with van der Waals surface area (Å²) in [6.07, 6.45) is 1.61. The van der Waals surface area contributed by atoms with Gasteiger partial charge in [0.15, 0.2) is 5.78 Å². The van der Waals surface area contributed by atoms with Crippen LogP contribution in [0, 0.1) is 0 Å². The highest BCUT2D eigenvalue weighted by molar-refractivity contribution is 6.07. The molecule has 0 saturated heterocycles. The highest BCUT2D eigenvalue weighted by Crippen LogP contribution is 2.32. The van der Waals surface area contributed by atoms with Crippen LogP contribution in [-0.4, -0.2) is 23.8 Å². The maximum Gasteiger partial charge on any atom is 0.261 e. The predicted molar refractivity (Wildman–Crippen MR) is 119 cm³/mol. The number of carbonyl (C=O) groups excluding carboxylic acids is 2. The van der Waals surface area contributed by atoms with E-state index in [4.69, 9.17) is 4.74 Å². The first-order valence-corrected chi connectivity index (χ1v) is 10.3. The van der Waals surface area contributed by atoms with Crippen LogP contribution in [0.15, 0.2) is 59.4 Å². The minimum absolute atomic E-state index is 0.0299. The number of ketones is 1. The number of methoxy groups -OCH3 is 1. The summed E-state index contributed by atoms with van der Waals surface area (Å²) in [7, 11) is 1.61. The van der Waals surface area contributed by atoms with Gasteiger partial charge in [0.05, 0.1) is 7.11 Å². The number of aryl methyl sites for hydroxylation is 1. The molecule has 1 amide bonds. The molecule has 1 aliphatic rings. The van der Waals surface area contributed by atoms with E-state index in [2.05, 4.69) is 10.3 Å². The fourth-order valence-electron chi connectivity index (χ4n) is 4.05. The van der Waals surface area contributed by atoms with Crippen molar-refractivity contribution in [1.82, 2.24) is 4.98 Å². The van der Waals surface area contributed by atoms with Crippen LogP contribution in [-0.2, 0) is 12.8 Å². The average molecular weight is 416 g/mol. The van der Waals surface area contributed by atoms with Gasteiger partial charge in [-0.25, -0.2) is 0 Å². The first-order valence-electron chi connectivity index (χ1n) is 10.3. The van der Waals surface area contributed by atoms with Gasteiger partial charge < -0.3 is 15.0 Å². The third-order valence-electron chi connectivity index (χ3n) is 5.78. The Morgan fingerprint density at radius 3 is 2.55 bits per heavy atom. The minimum Gasteiger partial charge on any atom is -0.497 e. The molecule has 0 bridgehead atoms. The van der Waals surface area contributed by atoms with Crippen LogP contribution in [0.1, 0.15) is 56.8 Å². The molecule has 2 aromatic carbocycles. The van der Waals surface area contributed by atoms with E-state index in [9.17, 15) is 14.4 Å². The fourth-order valence-corrected chi connectivity index (χ4v) is 4.05. The number of aromatic nitrogens is 1. The monoisotopic (exact) mass is 416 g/mol. The number of para-hydroxylation sites is 1. The van der Waals surface area contributed by atoms with Gasteiger partial charge in [0.2, 0.25) is 0 Å². The Labute approximate surface area is 180 Å². The summed E-state index contributed by atoms with van der Waals surface area (Å²) in [6, 6.07) is 16.5. The van der Waals surface area contributed by atoms with E-state index in [-0.39, 0.29) is 17.3 Å². The molecule has 3 aromatic rings. The lowest BCUT2D eigenvalue weighted by Crippen LogP contribution is -2.29. The number of aromatic amines is 1. The molecule has 0 radical (unpaired) electrons. The number of hydrogen-bond donors (Lipinski definition) is 2. The van der Waals surface area contributed by atoms with Crippen molar-refractivity contribution in [3.63, 3.8) is 0 Å². The molecule has 158 valence electrons. The number of Topliss-reactive ketones (excluding diaryl/α,β-unsaturated/α-hetero) is 1. The average Bonchev–Trinajstić information content (AvgIpc) is 2.79. The number of H-pyrrole nitrogens is 1. The van der Waals surface area contributed by atoms with Crippen molar-refractivity contribution >= 4 is 17.4 Å². The van der Waals surface area contributed by atoms with Crippen molar-refractivity contribution in [3.8, 4) is 5.75 Å². The second-order valence-corrected chi connectivity index (χ2v) is 7.67. The van der Waals surface area contributed by atoms with Gasteiger partial charge in [0, 0.05) is 23.4 Å². The molecule has 0 saturated carbocycles. The van der Waals surface area contributed by atoms with E-state index < -0.39 is 11.5 Å². The van der Waals surface area contributed by atoms with Gasteiger partial charge in [-0.3, -0.25) is 14.4 Å². The molecule has 0 aliphatic heterocycles. The number of amides is 1. The molecule has 6 nitrogen and oxygen atoms in total. The van der Waals surface area contributed by atoms with Crippen molar-refractivity contribution in [2.24, 2.45) is 0 Å². The normalized spacial score (nSPS) is 15.3. The highest BCUT2D eigenvalue weighted by atomic mass is 16.5. The van der Waals surface area contributed by atoms with Crippen molar-refractivity contribution in [1.29, 1.82) is 0 Å². The van der Waals surface area contributed by atoms with Gasteiger partial charge in [-0.1, -0.05) is 37.3 Å². The Balaban J connectivity index is 1.60. The summed E-state index contributed by atoms with van der Waals surface area (Å²) < 4.78 is 5.19. The van der Waals surface area contributed by atoms with Crippen LogP contribution in [0.5, 0.6) is 5.75 Å². The lowest BCUT2D eigenvalue weighted by molar-refractivity contribution is 0.0963. The van der Waals surface area contributed by atoms with Crippen LogP contribution >= 0.6 is 0 Å². The second kappa shape index (κ2) is 8.60. The number of anilines is 1. The van der Waals surface area contributed by atoms with Crippen LogP contribution < -0.4 is 15.6 Å². The Morgan fingerprint density at radius 1 is 1.10 bits per heavy atom. The Bertz CT molecular complexity index is 1190. The van der Waals surface area contributed by atoms with Crippen molar-refractivity contribution in [2.75, 3.05) is 12.4 Å². The lowest BCUT2D eigenvalue weighted by Gasteiger charge is -2.24. The molecule has 4 rings (SSSR count). The van der Waals surface area contributed by atoms with Crippen molar-refractivity contribution in [3.05, 3.63) is 92.9 Å². The molecular weight excluding hydrogens is 392 g/mol. The Hall–Kier alpha value is -3.67. The Kier molecular flexibility index (Phi) is 5.71. The molecule has 1 aromatic heterocycles. The summed E-state index contributed by atoms with van der Waals surface area (Å²) in [5.41, 5.74) is 3.10. The number of ether oxygens (including phenoxy) is 1. The zero-order valence-corrected chi connectivity index (χ0v) is 17.5. The number of pyridine rings is 1. The summed E-state index contributed by atoms with van der Waals surface area (Å²) in [5.74, 6) is 0.119. The number of benzene rings is 2. The molecular formula is C25H24N2O4. The van der Waals surface area contributed by atoms with Crippen molar-refractivity contribution in [2.45, 2.75) is 32.1 Å². The van der Waals surface area contributed by atoms with Gasteiger partial charge in [-0.05, 0) is 54.2 Å². The topological polar surface area (TPSA) is 88.3 Å².